The van der Waals surface area contributed by atoms with Crippen LogP contribution in [-0.2, 0) is 17.8 Å². The predicted molar refractivity (Wildman–Crippen MR) is 87.6 cm³/mol. The maximum Gasteiger partial charge on any atom is 0.337 e. The van der Waals surface area contributed by atoms with Crippen LogP contribution in [0, 0.1) is 0 Å². The Morgan fingerprint density at radius 2 is 1.58 bits per heavy atom. The van der Waals surface area contributed by atoms with Gasteiger partial charge in [-0.15, -0.1) is 0 Å². The standard InChI is InChI=1S/C17H19N3O4/c1-23-15-8-5-13(10-18-15)11-20-17(22)19-9-12-3-6-14(7-4-12)16(21)24-2/h3-8,10H,9,11H2,1-2H3,(H2,19,20,22). The number of hydrogen-bond acceptors (Lipinski definition) is 5. The lowest BCUT2D eigenvalue weighted by molar-refractivity contribution is 0.0600. The highest BCUT2D eigenvalue weighted by atomic mass is 16.5. The second-order valence-corrected chi connectivity index (χ2v) is 4.93. The van der Waals surface area contributed by atoms with Crippen molar-refractivity contribution >= 4 is 12.0 Å². The first kappa shape index (κ1) is 17.3. The van der Waals surface area contributed by atoms with Crippen LogP contribution in [0.1, 0.15) is 21.5 Å². The summed E-state index contributed by atoms with van der Waals surface area (Å²) in [6.07, 6.45) is 1.64. The zero-order chi connectivity index (χ0) is 17.4. The van der Waals surface area contributed by atoms with Crippen LogP contribution in [0.15, 0.2) is 42.6 Å². The van der Waals surface area contributed by atoms with Crippen LogP contribution < -0.4 is 15.4 Å². The molecule has 0 aliphatic carbocycles. The molecule has 7 nitrogen and oxygen atoms in total. The molecule has 0 unspecified atom stereocenters. The Morgan fingerprint density at radius 1 is 0.958 bits per heavy atom. The lowest BCUT2D eigenvalue weighted by Crippen LogP contribution is -2.34. The largest absolute Gasteiger partial charge is 0.481 e. The SMILES string of the molecule is COC(=O)c1ccc(CNC(=O)NCc2ccc(OC)nc2)cc1. The van der Waals surface area contributed by atoms with Crippen molar-refractivity contribution in [1.82, 2.24) is 15.6 Å². The highest BCUT2D eigenvalue weighted by Crippen LogP contribution is 2.07. The number of nitrogens with one attached hydrogen (secondary N) is 2. The highest BCUT2D eigenvalue weighted by molar-refractivity contribution is 5.89. The Morgan fingerprint density at radius 3 is 2.12 bits per heavy atom. The van der Waals surface area contributed by atoms with Crippen molar-refractivity contribution in [3.63, 3.8) is 0 Å². The van der Waals surface area contributed by atoms with E-state index in [-0.39, 0.29) is 12.0 Å². The molecular formula is C17H19N3O4. The number of aromatic nitrogens is 1. The van der Waals surface area contributed by atoms with Gasteiger partial charge in [0.15, 0.2) is 0 Å². The Labute approximate surface area is 140 Å². The van der Waals surface area contributed by atoms with Crippen LogP contribution in [0.4, 0.5) is 4.79 Å². The highest BCUT2D eigenvalue weighted by Gasteiger charge is 2.05. The average Bonchev–Trinajstić information content (AvgIpc) is 2.64. The molecule has 2 rings (SSSR count). The monoisotopic (exact) mass is 329 g/mol. The summed E-state index contributed by atoms with van der Waals surface area (Å²) in [7, 11) is 2.88. The maximum atomic E-state index is 11.8. The van der Waals surface area contributed by atoms with Crippen molar-refractivity contribution in [3.05, 3.63) is 59.3 Å². The molecule has 0 atom stereocenters. The molecule has 0 saturated heterocycles. The number of nitrogens with zero attached hydrogens (tertiary/aromatic N) is 1. The van der Waals surface area contributed by atoms with Gasteiger partial charge >= 0.3 is 12.0 Å². The molecule has 7 heteroatoms. The normalized spacial score (nSPS) is 9.92. The summed E-state index contributed by atoms with van der Waals surface area (Å²) in [6.45, 7) is 0.720. The summed E-state index contributed by atoms with van der Waals surface area (Å²) in [5, 5.41) is 5.48. The van der Waals surface area contributed by atoms with E-state index in [1.54, 1.807) is 43.6 Å². The number of esters is 1. The van der Waals surface area contributed by atoms with E-state index in [2.05, 4.69) is 20.4 Å². The van der Waals surface area contributed by atoms with E-state index in [0.717, 1.165) is 11.1 Å². The van der Waals surface area contributed by atoms with E-state index < -0.39 is 0 Å². The smallest absolute Gasteiger partial charge is 0.337 e. The van der Waals surface area contributed by atoms with Crippen molar-refractivity contribution in [1.29, 1.82) is 0 Å². The molecule has 0 fully saturated rings. The van der Waals surface area contributed by atoms with Crippen LogP contribution in [0.5, 0.6) is 5.88 Å². The first-order valence-corrected chi connectivity index (χ1v) is 7.30. The van der Waals surface area contributed by atoms with Gasteiger partial charge in [0.1, 0.15) is 0 Å². The van der Waals surface area contributed by atoms with E-state index >= 15 is 0 Å². The molecule has 2 amide bonds. The summed E-state index contributed by atoms with van der Waals surface area (Å²) >= 11 is 0. The molecule has 0 bridgehead atoms. The fourth-order valence-electron chi connectivity index (χ4n) is 1.94. The Bertz CT molecular complexity index is 684. The van der Waals surface area contributed by atoms with Crippen molar-refractivity contribution in [3.8, 4) is 5.88 Å². The molecule has 0 spiro atoms. The molecule has 0 aliphatic heterocycles. The lowest BCUT2D eigenvalue weighted by atomic mass is 10.1. The minimum absolute atomic E-state index is 0.289. The summed E-state index contributed by atoms with van der Waals surface area (Å²) < 4.78 is 9.60. The second-order valence-electron chi connectivity index (χ2n) is 4.93. The first-order valence-electron chi connectivity index (χ1n) is 7.30. The number of urea groups is 1. The van der Waals surface area contributed by atoms with Gasteiger partial charge in [0.2, 0.25) is 5.88 Å². The fourth-order valence-corrected chi connectivity index (χ4v) is 1.94. The molecule has 2 aromatic rings. The van der Waals surface area contributed by atoms with Crippen molar-refractivity contribution < 1.29 is 19.1 Å². The van der Waals surface area contributed by atoms with Gasteiger partial charge in [0.25, 0.3) is 0 Å². The maximum absolute atomic E-state index is 11.8. The molecule has 2 N–H and O–H groups in total. The predicted octanol–water partition coefficient (Wildman–Crippen LogP) is 1.88. The number of pyridine rings is 1. The number of carbonyl (C=O) groups excluding carboxylic acids is 2. The number of hydrogen-bond donors (Lipinski definition) is 2. The molecule has 0 saturated carbocycles. The minimum atomic E-state index is -0.389. The molecule has 1 heterocycles. The van der Waals surface area contributed by atoms with Gasteiger partial charge in [-0.25, -0.2) is 14.6 Å². The quantitative estimate of drug-likeness (QED) is 0.790. The number of rotatable bonds is 6. The van der Waals surface area contributed by atoms with Gasteiger partial charge in [-0.1, -0.05) is 18.2 Å². The Hall–Kier alpha value is -3.09. The van der Waals surface area contributed by atoms with Gasteiger partial charge in [0, 0.05) is 25.4 Å². The Balaban J connectivity index is 1.77. The lowest BCUT2D eigenvalue weighted by Gasteiger charge is -2.08. The number of amides is 2. The zero-order valence-electron chi connectivity index (χ0n) is 13.5. The van der Waals surface area contributed by atoms with E-state index in [4.69, 9.17) is 4.74 Å². The van der Waals surface area contributed by atoms with Crippen LogP contribution in [-0.4, -0.2) is 31.2 Å². The molecule has 24 heavy (non-hydrogen) atoms. The van der Waals surface area contributed by atoms with Crippen molar-refractivity contribution in [2.24, 2.45) is 0 Å². The topological polar surface area (TPSA) is 89.5 Å². The van der Waals surface area contributed by atoms with Gasteiger partial charge < -0.3 is 20.1 Å². The van der Waals surface area contributed by atoms with Crippen LogP contribution in [0.3, 0.4) is 0 Å². The van der Waals surface area contributed by atoms with Gasteiger partial charge in [-0.2, -0.15) is 0 Å². The molecule has 1 aromatic heterocycles. The number of methoxy groups -OCH3 is 2. The summed E-state index contributed by atoms with van der Waals surface area (Å²) in [5.74, 6) is 0.138. The summed E-state index contributed by atoms with van der Waals surface area (Å²) in [6, 6.07) is 10.1. The van der Waals surface area contributed by atoms with Gasteiger partial charge in [0.05, 0.1) is 19.8 Å². The minimum Gasteiger partial charge on any atom is -0.481 e. The molecule has 1 aromatic carbocycles. The summed E-state index contributed by atoms with van der Waals surface area (Å²) in [5.41, 5.74) is 2.22. The van der Waals surface area contributed by atoms with Crippen molar-refractivity contribution in [2.45, 2.75) is 13.1 Å². The molecule has 0 aliphatic rings. The number of carbonyl (C=O) groups is 2. The molecule has 0 radical (unpaired) electrons. The fraction of sp³-hybridized carbons (Fsp3) is 0.235. The van der Waals surface area contributed by atoms with Gasteiger partial charge in [-0.3, -0.25) is 0 Å². The third-order valence-electron chi connectivity index (χ3n) is 3.29. The van der Waals surface area contributed by atoms with Gasteiger partial charge in [-0.05, 0) is 23.3 Å². The van der Waals surface area contributed by atoms with E-state index in [0.29, 0.717) is 24.5 Å². The average molecular weight is 329 g/mol. The number of benzene rings is 1. The molecule has 126 valence electrons. The van der Waals surface area contributed by atoms with E-state index in [1.165, 1.54) is 7.11 Å². The van der Waals surface area contributed by atoms with E-state index in [1.807, 2.05) is 6.07 Å². The third kappa shape index (κ3) is 4.98. The molecular weight excluding hydrogens is 310 g/mol. The second kappa shape index (κ2) is 8.52. The van der Waals surface area contributed by atoms with E-state index in [9.17, 15) is 9.59 Å². The Kier molecular flexibility index (Phi) is 6.13. The first-order chi connectivity index (χ1) is 11.6. The van der Waals surface area contributed by atoms with Crippen LogP contribution >= 0.6 is 0 Å². The number of ether oxygens (including phenoxy) is 2. The summed E-state index contributed by atoms with van der Waals surface area (Å²) in [4.78, 5) is 27.2. The van der Waals surface area contributed by atoms with Crippen LogP contribution in [0.2, 0.25) is 0 Å². The van der Waals surface area contributed by atoms with Crippen LogP contribution in [0.25, 0.3) is 0 Å². The third-order valence-corrected chi connectivity index (χ3v) is 3.29. The zero-order valence-corrected chi connectivity index (χ0v) is 13.5. The van der Waals surface area contributed by atoms with Crippen molar-refractivity contribution in [2.75, 3.05) is 14.2 Å².